The zero-order valence-electron chi connectivity index (χ0n) is 14.2. The first-order valence-corrected chi connectivity index (χ1v) is 10.1. The van der Waals surface area contributed by atoms with Crippen molar-refractivity contribution in [1.29, 1.82) is 0 Å². The molecule has 4 heteroatoms. The molecule has 0 spiro atoms. The van der Waals surface area contributed by atoms with E-state index >= 15 is 0 Å². The standard InChI is InChI=1S/C19H28N2OS/c1-16-14-17-8-4-5-9-18(17)21(16)19(22)15-23-13-12-20-10-6-2-3-7-11-20/h4-5,8-9,16H,2-3,6-7,10-15H2,1H3. The van der Waals surface area contributed by atoms with E-state index in [-0.39, 0.29) is 5.91 Å². The Kier molecular flexibility index (Phi) is 6.01. The van der Waals surface area contributed by atoms with Gasteiger partial charge in [0.1, 0.15) is 0 Å². The number of carbonyl (C=O) groups is 1. The molecule has 1 aromatic carbocycles. The lowest BCUT2D eigenvalue weighted by molar-refractivity contribution is -0.116. The van der Waals surface area contributed by atoms with E-state index < -0.39 is 0 Å². The normalized spacial score (nSPS) is 22.0. The summed E-state index contributed by atoms with van der Waals surface area (Å²) in [6.07, 6.45) is 6.43. The second-order valence-corrected chi connectivity index (χ2v) is 7.86. The highest BCUT2D eigenvalue weighted by Gasteiger charge is 2.30. The minimum Gasteiger partial charge on any atom is -0.308 e. The van der Waals surface area contributed by atoms with Crippen LogP contribution in [0, 0.1) is 0 Å². The van der Waals surface area contributed by atoms with Gasteiger partial charge in [-0.1, -0.05) is 31.0 Å². The van der Waals surface area contributed by atoms with Gasteiger partial charge < -0.3 is 9.80 Å². The Balaban J connectivity index is 1.44. The highest BCUT2D eigenvalue weighted by Crippen LogP contribution is 2.32. The maximum absolute atomic E-state index is 12.6. The first-order valence-electron chi connectivity index (χ1n) is 8.96. The predicted octanol–water partition coefficient (Wildman–Crippen LogP) is 3.57. The summed E-state index contributed by atoms with van der Waals surface area (Å²) in [5.41, 5.74) is 2.43. The fourth-order valence-corrected chi connectivity index (χ4v) is 4.57. The number of carbonyl (C=O) groups excluding carboxylic acids is 1. The topological polar surface area (TPSA) is 23.6 Å². The Morgan fingerprint density at radius 3 is 2.70 bits per heavy atom. The van der Waals surface area contributed by atoms with Crippen molar-refractivity contribution in [2.45, 2.75) is 45.1 Å². The Morgan fingerprint density at radius 1 is 1.17 bits per heavy atom. The summed E-state index contributed by atoms with van der Waals surface area (Å²) in [4.78, 5) is 17.2. The third kappa shape index (κ3) is 4.30. The Morgan fingerprint density at radius 2 is 1.91 bits per heavy atom. The van der Waals surface area contributed by atoms with E-state index in [0.29, 0.717) is 11.8 Å². The van der Waals surface area contributed by atoms with Crippen LogP contribution in [0.4, 0.5) is 5.69 Å². The molecule has 0 aliphatic carbocycles. The average molecular weight is 333 g/mol. The van der Waals surface area contributed by atoms with Crippen LogP contribution in [-0.4, -0.2) is 48.0 Å². The van der Waals surface area contributed by atoms with Crippen LogP contribution in [0.5, 0.6) is 0 Å². The van der Waals surface area contributed by atoms with E-state index in [0.717, 1.165) is 24.4 Å². The van der Waals surface area contributed by atoms with Gasteiger partial charge in [-0.3, -0.25) is 4.79 Å². The van der Waals surface area contributed by atoms with E-state index in [1.54, 1.807) is 11.8 Å². The molecular formula is C19H28N2OS. The van der Waals surface area contributed by atoms with Crippen LogP contribution in [0.15, 0.2) is 24.3 Å². The van der Waals surface area contributed by atoms with E-state index in [9.17, 15) is 4.79 Å². The smallest absolute Gasteiger partial charge is 0.237 e. The van der Waals surface area contributed by atoms with Gasteiger partial charge in [0, 0.05) is 24.0 Å². The molecule has 3 rings (SSSR count). The van der Waals surface area contributed by atoms with Gasteiger partial charge in [-0.15, -0.1) is 0 Å². The van der Waals surface area contributed by atoms with Gasteiger partial charge in [-0.25, -0.2) is 0 Å². The summed E-state index contributed by atoms with van der Waals surface area (Å²) < 4.78 is 0. The summed E-state index contributed by atoms with van der Waals surface area (Å²) in [5.74, 6) is 1.94. The molecule has 2 aliphatic heterocycles. The second kappa shape index (κ2) is 8.20. The van der Waals surface area contributed by atoms with E-state index in [1.807, 2.05) is 11.0 Å². The number of benzene rings is 1. The molecule has 2 heterocycles. The molecule has 0 N–H and O–H groups in total. The van der Waals surface area contributed by atoms with Gasteiger partial charge in [0.2, 0.25) is 5.91 Å². The van der Waals surface area contributed by atoms with Crippen LogP contribution in [0.25, 0.3) is 0 Å². The lowest BCUT2D eigenvalue weighted by atomic mass is 10.1. The van der Waals surface area contributed by atoms with Crippen LogP contribution < -0.4 is 4.90 Å². The Labute approximate surface area is 144 Å². The number of hydrogen-bond donors (Lipinski definition) is 0. The van der Waals surface area contributed by atoms with Crippen molar-refractivity contribution >= 4 is 23.4 Å². The molecule has 0 aromatic heterocycles. The number of likely N-dealkylation sites (tertiary alicyclic amines) is 1. The number of para-hydroxylation sites is 1. The minimum absolute atomic E-state index is 0.267. The Bertz CT molecular complexity index is 526. The molecule has 1 aromatic rings. The molecule has 1 unspecified atom stereocenters. The van der Waals surface area contributed by atoms with Crippen molar-refractivity contribution in [3.63, 3.8) is 0 Å². The summed E-state index contributed by atoms with van der Waals surface area (Å²) in [7, 11) is 0. The van der Waals surface area contributed by atoms with Gasteiger partial charge in [0.05, 0.1) is 5.75 Å². The predicted molar refractivity (Wildman–Crippen MR) is 99.3 cm³/mol. The zero-order chi connectivity index (χ0) is 16.1. The maximum atomic E-state index is 12.6. The van der Waals surface area contributed by atoms with Crippen molar-refractivity contribution in [3.8, 4) is 0 Å². The highest BCUT2D eigenvalue weighted by molar-refractivity contribution is 7.99. The number of thioether (sulfide) groups is 1. The lowest BCUT2D eigenvalue weighted by Gasteiger charge is -2.23. The van der Waals surface area contributed by atoms with E-state index in [4.69, 9.17) is 0 Å². The number of nitrogens with zero attached hydrogens (tertiary/aromatic N) is 2. The maximum Gasteiger partial charge on any atom is 0.237 e. The molecule has 3 nitrogen and oxygen atoms in total. The SMILES string of the molecule is CC1Cc2ccccc2N1C(=O)CSCCN1CCCCCC1. The van der Waals surface area contributed by atoms with E-state index in [1.165, 1.54) is 44.3 Å². The highest BCUT2D eigenvalue weighted by atomic mass is 32.2. The van der Waals surface area contributed by atoms with Crippen LogP contribution >= 0.6 is 11.8 Å². The molecule has 0 saturated carbocycles. The number of anilines is 1. The third-order valence-electron chi connectivity index (χ3n) is 4.95. The fraction of sp³-hybridized carbons (Fsp3) is 0.632. The molecule has 23 heavy (non-hydrogen) atoms. The van der Waals surface area contributed by atoms with Crippen LogP contribution in [0.3, 0.4) is 0 Å². The third-order valence-corrected chi connectivity index (χ3v) is 5.87. The van der Waals surface area contributed by atoms with Gasteiger partial charge in [0.15, 0.2) is 0 Å². The summed E-state index contributed by atoms with van der Waals surface area (Å²) in [6, 6.07) is 8.62. The van der Waals surface area contributed by atoms with Gasteiger partial charge in [0.25, 0.3) is 0 Å². The van der Waals surface area contributed by atoms with Crippen molar-refractivity contribution in [3.05, 3.63) is 29.8 Å². The Hall–Kier alpha value is -1.000. The van der Waals surface area contributed by atoms with Crippen molar-refractivity contribution in [2.24, 2.45) is 0 Å². The molecule has 0 bridgehead atoms. The fourth-order valence-electron chi connectivity index (χ4n) is 3.73. The van der Waals surface area contributed by atoms with Gasteiger partial charge in [-0.2, -0.15) is 11.8 Å². The number of hydrogen-bond acceptors (Lipinski definition) is 3. The first-order chi connectivity index (χ1) is 11.3. The second-order valence-electron chi connectivity index (χ2n) is 6.75. The van der Waals surface area contributed by atoms with Crippen LogP contribution in [0.2, 0.25) is 0 Å². The first kappa shape index (κ1) is 16.8. The molecule has 1 amide bonds. The van der Waals surface area contributed by atoms with Crippen molar-refractivity contribution < 1.29 is 4.79 Å². The molecule has 1 saturated heterocycles. The number of amides is 1. The average Bonchev–Trinajstić information content (AvgIpc) is 2.72. The van der Waals surface area contributed by atoms with Crippen LogP contribution in [0.1, 0.15) is 38.2 Å². The molecule has 1 atom stereocenters. The number of rotatable bonds is 5. The molecule has 0 radical (unpaired) electrons. The quantitative estimate of drug-likeness (QED) is 0.770. The summed E-state index contributed by atoms with van der Waals surface area (Å²) in [6.45, 7) is 5.76. The van der Waals surface area contributed by atoms with Crippen molar-refractivity contribution in [1.82, 2.24) is 4.90 Å². The lowest BCUT2D eigenvalue weighted by Crippen LogP contribution is -2.37. The molecule has 2 aliphatic rings. The van der Waals surface area contributed by atoms with E-state index in [2.05, 4.69) is 30.0 Å². The summed E-state index contributed by atoms with van der Waals surface area (Å²) in [5, 5.41) is 0. The number of fused-ring (bicyclic) bond motifs is 1. The molecular weight excluding hydrogens is 304 g/mol. The van der Waals surface area contributed by atoms with Gasteiger partial charge in [-0.05, 0) is 50.9 Å². The monoisotopic (exact) mass is 332 g/mol. The zero-order valence-corrected chi connectivity index (χ0v) is 15.0. The minimum atomic E-state index is 0.267. The molecule has 126 valence electrons. The van der Waals surface area contributed by atoms with Crippen LogP contribution in [-0.2, 0) is 11.2 Å². The van der Waals surface area contributed by atoms with Crippen molar-refractivity contribution in [2.75, 3.05) is 36.0 Å². The summed E-state index contributed by atoms with van der Waals surface area (Å²) >= 11 is 1.79. The molecule has 1 fully saturated rings. The largest absolute Gasteiger partial charge is 0.308 e. The van der Waals surface area contributed by atoms with Gasteiger partial charge >= 0.3 is 0 Å².